The third-order valence-corrected chi connectivity index (χ3v) is 17.5. The zero-order chi connectivity index (χ0) is 65.4. The van der Waals surface area contributed by atoms with Crippen molar-refractivity contribution in [3.05, 3.63) is 60.8 Å². The maximum Gasteiger partial charge on any atom is 0.220 e. The van der Waals surface area contributed by atoms with E-state index in [1.165, 1.54) is 167 Å². The fraction of sp³-hybridized carbons (Fsp3) is 0.845. The Labute approximate surface area is 541 Å². The molecule has 524 valence electrons. The fourth-order valence-electron chi connectivity index (χ4n) is 11.7. The van der Waals surface area contributed by atoms with Crippen molar-refractivity contribution >= 4 is 5.91 Å². The van der Waals surface area contributed by atoms with E-state index in [1.807, 2.05) is 6.08 Å². The van der Waals surface area contributed by atoms with Gasteiger partial charge in [-0.3, -0.25) is 4.79 Å². The van der Waals surface area contributed by atoms with E-state index in [2.05, 4.69) is 67.8 Å². The summed E-state index contributed by atoms with van der Waals surface area (Å²) in [5.74, 6) is -0.286. The van der Waals surface area contributed by atoms with Gasteiger partial charge in [-0.2, -0.15) is 0 Å². The highest BCUT2D eigenvalue weighted by Crippen LogP contribution is 2.33. The number of carbonyl (C=O) groups is 1. The number of hydrogen-bond acceptors (Lipinski definition) is 18. The van der Waals surface area contributed by atoms with Crippen molar-refractivity contribution in [1.82, 2.24) is 5.32 Å². The van der Waals surface area contributed by atoms with Crippen molar-refractivity contribution in [2.24, 2.45) is 0 Å². The molecule has 0 aromatic carbocycles. The second kappa shape index (κ2) is 52.7. The molecule has 3 saturated heterocycles. The predicted molar refractivity (Wildman–Crippen MR) is 351 cm³/mol. The van der Waals surface area contributed by atoms with E-state index in [0.29, 0.717) is 12.8 Å². The summed E-state index contributed by atoms with van der Waals surface area (Å²) >= 11 is 0. The Hall–Kier alpha value is -2.51. The van der Waals surface area contributed by atoms with Gasteiger partial charge < -0.3 is 89.9 Å². The highest BCUT2D eigenvalue weighted by molar-refractivity contribution is 5.76. The molecular formula is C71H127NO18. The molecule has 90 heavy (non-hydrogen) atoms. The zero-order valence-electron chi connectivity index (χ0n) is 55.4. The van der Waals surface area contributed by atoms with E-state index in [9.17, 15) is 61.0 Å². The predicted octanol–water partition coefficient (Wildman–Crippen LogP) is 9.55. The van der Waals surface area contributed by atoms with Gasteiger partial charge in [0.2, 0.25) is 5.91 Å². The van der Waals surface area contributed by atoms with Gasteiger partial charge in [-0.15, -0.1) is 0 Å². The van der Waals surface area contributed by atoms with Gasteiger partial charge in [-0.05, 0) is 70.6 Å². The molecule has 3 heterocycles. The Kier molecular flexibility index (Phi) is 47.9. The molecule has 0 aromatic rings. The SMILES string of the molecule is CCCCCCC/C=C\C/C=C\C/C=C\CCCCCCCCCCCCCCCCCCCCC(=O)NC(COC1OC(CO)C(OC2OC(CO)C(OC3OC(CO)C(O)C(O)C3O)C(O)C2O)C(O)C1O)C(O)/C=C/CC/C=C/CCCCCCCC. The molecule has 0 spiro atoms. The number of allylic oxidation sites excluding steroid dienone is 9. The van der Waals surface area contributed by atoms with Crippen LogP contribution in [-0.2, 0) is 33.2 Å². The van der Waals surface area contributed by atoms with Gasteiger partial charge >= 0.3 is 0 Å². The second-order valence-corrected chi connectivity index (χ2v) is 25.3. The molecule has 3 aliphatic heterocycles. The smallest absolute Gasteiger partial charge is 0.220 e. The first kappa shape index (κ1) is 81.7. The largest absolute Gasteiger partial charge is 0.394 e. The lowest BCUT2D eigenvalue weighted by Gasteiger charge is -2.48. The van der Waals surface area contributed by atoms with Crippen LogP contribution in [0.3, 0.4) is 0 Å². The van der Waals surface area contributed by atoms with Crippen LogP contribution in [-0.4, -0.2) is 193 Å². The first-order chi connectivity index (χ1) is 43.8. The van der Waals surface area contributed by atoms with Crippen LogP contribution in [0.5, 0.6) is 0 Å². The number of carbonyl (C=O) groups excluding carboxylic acids is 1. The number of aliphatic hydroxyl groups excluding tert-OH is 11. The van der Waals surface area contributed by atoms with E-state index in [1.54, 1.807) is 6.08 Å². The Balaban J connectivity index is 1.35. The Morgan fingerprint density at radius 1 is 0.400 bits per heavy atom. The average molecular weight is 1280 g/mol. The van der Waals surface area contributed by atoms with Crippen LogP contribution in [0, 0.1) is 0 Å². The Bertz CT molecular complexity index is 1870. The van der Waals surface area contributed by atoms with Gasteiger partial charge in [0, 0.05) is 6.42 Å². The van der Waals surface area contributed by atoms with Crippen molar-refractivity contribution in [2.45, 2.75) is 356 Å². The summed E-state index contributed by atoms with van der Waals surface area (Å²) in [6.07, 6.45) is 38.0. The van der Waals surface area contributed by atoms with Crippen molar-refractivity contribution in [3.63, 3.8) is 0 Å². The molecule has 19 heteroatoms. The number of ether oxygens (including phenoxy) is 6. The van der Waals surface area contributed by atoms with Crippen LogP contribution < -0.4 is 5.32 Å². The van der Waals surface area contributed by atoms with Crippen LogP contribution >= 0.6 is 0 Å². The number of rotatable bonds is 54. The Morgan fingerprint density at radius 3 is 1.19 bits per heavy atom. The minimum absolute atomic E-state index is 0.235. The lowest BCUT2D eigenvalue weighted by Crippen LogP contribution is -2.66. The Morgan fingerprint density at radius 2 is 0.744 bits per heavy atom. The van der Waals surface area contributed by atoms with E-state index in [0.717, 1.165) is 51.4 Å². The summed E-state index contributed by atoms with van der Waals surface area (Å²) in [6, 6.07) is -0.990. The normalized spacial score (nSPS) is 28.4. The molecule has 17 unspecified atom stereocenters. The molecule has 3 aliphatic rings. The van der Waals surface area contributed by atoms with Gasteiger partial charge in [0.15, 0.2) is 18.9 Å². The monoisotopic (exact) mass is 1280 g/mol. The molecule has 0 radical (unpaired) electrons. The van der Waals surface area contributed by atoms with Crippen LogP contribution in [0.25, 0.3) is 0 Å². The minimum atomic E-state index is -1.98. The molecule has 0 saturated carbocycles. The topological polar surface area (TPSA) is 307 Å². The van der Waals surface area contributed by atoms with E-state index < -0.39 is 124 Å². The van der Waals surface area contributed by atoms with Gasteiger partial charge in [0.1, 0.15) is 73.2 Å². The lowest BCUT2D eigenvalue weighted by molar-refractivity contribution is -0.379. The molecular weight excluding hydrogens is 1150 g/mol. The van der Waals surface area contributed by atoms with Crippen LogP contribution in [0.2, 0.25) is 0 Å². The fourth-order valence-corrected chi connectivity index (χ4v) is 11.7. The van der Waals surface area contributed by atoms with Crippen molar-refractivity contribution < 1.29 is 89.4 Å². The molecule has 0 bridgehead atoms. The molecule has 17 atom stereocenters. The maximum atomic E-state index is 13.4. The van der Waals surface area contributed by atoms with Crippen LogP contribution in [0.15, 0.2) is 60.8 Å². The first-order valence-electron chi connectivity index (χ1n) is 35.5. The molecule has 12 N–H and O–H groups in total. The van der Waals surface area contributed by atoms with Crippen molar-refractivity contribution in [3.8, 4) is 0 Å². The number of aliphatic hydroxyl groups is 11. The minimum Gasteiger partial charge on any atom is -0.394 e. The molecule has 1 amide bonds. The second-order valence-electron chi connectivity index (χ2n) is 25.3. The summed E-state index contributed by atoms with van der Waals surface area (Å²) in [5, 5.41) is 120. The highest BCUT2D eigenvalue weighted by Gasteiger charge is 2.53. The van der Waals surface area contributed by atoms with Gasteiger partial charge in [-0.1, -0.05) is 235 Å². The van der Waals surface area contributed by atoms with Crippen molar-refractivity contribution in [1.29, 1.82) is 0 Å². The van der Waals surface area contributed by atoms with Gasteiger partial charge in [-0.25, -0.2) is 0 Å². The van der Waals surface area contributed by atoms with Crippen molar-refractivity contribution in [2.75, 3.05) is 26.4 Å². The molecule has 0 aliphatic carbocycles. The van der Waals surface area contributed by atoms with Gasteiger partial charge in [0.25, 0.3) is 0 Å². The highest BCUT2D eigenvalue weighted by atomic mass is 16.8. The number of nitrogens with one attached hydrogen (secondary N) is 1. The average Bonchev–Trinajstić information content (AvgIpc) is 0.864. The maximum absolute atomic E-state index is 13.4. The summed E-state index contributed by atoms with van der Waals surface area (Å²) in [7, 11) is 0. The number of hydrogen-bond donors (Lipinski definition) is 12. The summed E-state index contributed by atoms with van der Waals surface area (Å²) in [6.45, 7) is 1.68. The molecule has 19 nitrogen and oxygen atoms in total. The van der Waals surface area contributed by atoms with Gasteiger partial charge in [0.05, 0.1) is 38.6 Å². The summed E-state index contributed by atoms with van der Waals surface area (Å²) in [5.41, 5.74) is 0. The lowest BCUT2D eigenvalue weighted by atomic mass is 9.96. The third-order valence-electron chi connectivity index (χ3n) is 17.5. The number of unbranched alkanes of at least 4 members (excludes halogenated alkanes) is 30. The summed E-state index contributed by atoms with van der Waals surface area (Å²) in [4.78, 5) is 13.4. The number of amides is 1. The molecule has 0 aromatic heterocycles. The quantitative estimate of drug-likeness (QED) is 0.0199. The standard InChI is InChI=1S/C71H127NO18/c1-3-5-7-9-11-13-15-17-18-19-20-21-22-23-24-25-26-27-28-29-30-31-32-33-34-35-36-37-39-41-43-45-47-49-59(77)72-54(55(76)48-46-44-42-40-38-16-14-12-10-8-6-4-2)53-85-69-65(83)62(80)67(57(51-74)87-69)90-71-66(84)63(81)68(58(52-75)88-71)89-70-64(82)61(79)60(78)56(50-73)86-70/h15,17,19-20,22-23,38,40,46,48,54-58,60-71,73-76,78-84H,3-14,16,18,21,24-37,39,41-45,47,49-53H2,1-2H3,(H,72,77)/b17-15-,20-19-,23-22-,40-38+,48-46+. The third kappa shape index (κ3) is 34.2. The van der Waals surface area contributed by atoms with Crippen LogP contribution in [0.4, 0.5) is 0 Å². The molecule has 3 rings (SSSR count). The van der Waals surface area contributed by atoms with E-state index >= 15 is 0 Å². The molecule has 3 fully saturated rings. The van der Waals surface area contributed by atoms with E-state index in [4.69, 9.17) is 28.4 Å². The summed E-state index contributed by atoms with van der Waals surface area (Å²) < 4.78 is 34.3. The van der Waals surface area contributed by atoms with Crippen LogP contribution in [0.1, 0.15) is 251 Å². The first-order valence-corrected chi connectivity index (χ1v) is 35.5. The van der Waals surface area contributed by atoms with E-state index in [-0.39, 0.29) is 18.9 Å². The zero-order valence-corrected chi connectivity index (χ0v) is 55.4.